The Kier molecular flexibility index (Phi) is 7.03. The zero-order chi connectivity index (χ0) is 21.0. The molecule has 0 aliphatic carbocycles. The van der Waals surface area contributed by atoms with Gasteiger partial charge in [-0.25, -0.2) is 0 Å². The summed E-state index contributed by atoms with van der Waals surface area (Å²) in [7, 11) is 3.04. The molecule has 28 heavy (non-hydrogen) atoms. The van der Waals surface area contributed by atoms with E-state index in [4.69, 9.17) is 26.8 Å². The number of carboxylic acid groups (broad SMARTS) is 1. The Bertz CT molecular complexity index is 854. The van der Waals surface area contributed by atoms with Gasteiger partial charge in [-0.05, 0) is 37.6 Å². The van der Waals surface area contributed by atoms with Crippen molar-refractivity contribution in [2.45, 2.75) is 25.9 Å². The van der Waals surface area contributed by atoms with Crippen molar-refractivity contribution in [1.82, 2.24) is 10.2 Å². The molecule has 0 saturated carbocycles. The molecule has 0 aromatic heterocycles. The summed E-state index contributed by atoms with van der Waals surface area (Å²) in [6.07, 6.45) is 1.64. The van der Waals surface area contributed by atoms with Crippen LogP contribution in [0.2, 0.25) is 0 Å². The Hall–Kier alpha value is -2.59. The van der Waals surface area contributed by atoms with Crippen LogP contribution in [0.1, 0.15) is 19.4 Å². The van der Waals surface area contributed by atoms with Gasteiger partial charge in [-0.1, -0.05) is 30.0 Å². The molecule has 1 aromatic rings. The Balaban J connectivity index is 2.22. The van der Waals surface area contributed by atoms with E-state index < -0.39 is 29.9 Å². The number of nitrogens with zero attached hydrogens (tertiary/aromatic N) is 1. The second-order valence-electron chi connectivity index (χ2n) is 5.91. The summed E-state index contributed by atoms with van der Waals surface area (Å²) >= 11 is 6.32. The van der Waals surface area contributed by atoms with E-state index in [-0.39, 0.29) is 4.32 Å². The minimum atomic E-state index is -1.17. The quantitative estimate of drug-likeness (QED) is 0.505. The smallest absolute Gasteiger partial charge is 0.325 e. The van der Waals surface area contributed by atoms with Crippen molar-refractivity contribution < 1.29 is 29.0 Å². The standard InChI is InChI=1S/C18H20N2O6S2/c1-9(17(23)24)19-15(21)10(2)20-16(22)14(28-18(20)27)8-11-5-6-12(25-3)13(7-11)26-4/h5-10H,1-4H3,(H,19,21)(H,23,24)/b14-8-. The monoisotopic (exact) mass is 424 g/mol. The lowest BCUT2D eigenvalue weighted by Crippen LogP contribution is -2.50. The molecule has 150 valence electrons. The van der Waals surface area contributed by atoms with Crippen LogP contribution in [0.25, 0.3) is 6.08 Å². The van der Waals surface area contributed by atoms with Crippen LogP contribution in [0, 0.1) is 0 Å². The van der Waals surface area contributed by atoms with Crippen molar-refractivity contribution in [1.29, 1.82) is 0 Å². The number of amides is 2. The molecule has 1 heterocycles. The fraction of sp³-hybridized carbons (Fsp3) is 0.333. The van der Waals surface area contributed by atoms with Crippen molar-refractivity contribution in [3.63, 3.8) is 0 Å². The van der Waals surface area contributed by atoms with E-state index in [1.807, 2.05) is 0 Å². The number of carbonyl (C=O) groups excluding carboxylic acids is 2. The SMILES string of the molecule is COc1ccc(/C=C2\SC(=S)N(C(C)C(=O)NC(C)C(=O)O)C2=O)cc1OC. The molecule has 8 nitrogen and oxygen atoms in total. The predicted octanol–water partition coefficient (Wildman–Crippen LogP) is 1.88. The van der Waals surface area contributed by atoms with Gasteiger partial charge in [0.25, 0.3) is 5.91 Å². The molecule has 1 saturated heterocycles. The lowest BCUT2D eigenvalue weighted by Gasteiger charge is -2.23. The van der Waals surface area contributed by atoms with E-state index in [2.05, 4.69) is 5.32 Å². The van der Waals surface area contributed by atoms with E-state index in [0.29, 0.717) is 22.0 Å². The average molecular weight is 425 g/mol. The summed E-state index contributed by atoms with van der Waals surface area (Å²) in [6, 6.07) is 3.19. The third-order valence-electron chi connectivity index (χ3n) is 4.02. The highest BCUT2D eigenvalue weighted by Crippen LogP contribution is 2.35. The van der Waals surface area contributed by atoms with Gasteiger partial charge in [0.1, 0.15) is 16.4 Å². The summed E-state index contributed by atoms with van der Waals surface area (Å²) in [5, 5.41) is 11.3. The van der Waals surface area contributed by atoms with Crippen LogP contribution in [0.5, 0.6) is 11.5 Å². The highest BCUT2D eigenvalue weighted by atomic mass is 32.2. The second kappa shape index (κ2) is 9.07. The maximum absolute atomic E-state index is 12.8. The second-order valence-corrected chi connectivity index (χ2v) is 7.59. The first-order valence-corrected chi connectivity index (χ1v) is 9.44. The minimum Gasteiger partial charge on any atom is -0.493 e. The fourth-order valence-electron chi connectivity index (χ4n) is 2.42. The third-order valence-corrected chi connectivity index (χ3v) is 5.36. The topological polar surface area (TPSA) is 105 Å². The van der Waals surface area contributed by atoms with E-state index in [0.717, 1.165) is 11.8 Å². The van der Waals surface area contributed by atoms with Gasteiger partial charge in [0, 0.05) is 0 Å². The maximum Gasteiger partial charge on any atom is 0.325 e. The maximum atomic E-state index is 12.8. The molecule has 0 bridgehead atoms. The lowest BCUT2D eigenvalue weighted by molar-refractivity contribution is -0.142. The van der Waals surface area contributed by atoms with Gasteiger partial charge in [-0.15, -0.1) is 0 Å². The van der Waals surface area contributed by atoms with E-state index >= 15 is 0 Å². The molecule has 1 fully saturated rings. The van der Waals surface area contributed by atoms with Gasteiger partial charge in [-0.3, -0.25) is 19.3 Å². The first-order valence-electron chi connectivity index (χ1n) is 8.21. The summed E-state index contributed by atoms with van der Waals surface area (Å²) in [6.45, 7) is 2.84. The zero-order valence-electron chi connectivity index (χ0n) is 15.7. The molecule has 0 spiro atoms. The van der Waals surface area contributed by atoms with Gasteiger partial charge in [-0.2, -0.15) is 0 Å². The minimum absolute atomic E-state index is 0.224. The number of benzene rings is 1. The molecule has 1 aliphatic heterocycles. The number of carbonyl (C=O) groups is 3. The highest BCUT2D eigenvalue weighted by molar-refractivity contribution is 8.26. The Morgan fingerprint density at radius 3 is 2.46 bits per heavy atom. The number of thioether (sulfide) groups is 1. The summed E-state index contributed by atoms with van der Waals surface area (Å²) in [5.74, 6) is -1.11. The molecule has 2 amide bonds. The van der Waals surface area contributed by atoms with E-state index in [1.54, 1.807) is 24.3 Å². The van der Waals surface area contributed by atoms with Crippen molar-refractivity contribution in [2.24, 2.45) is 0 Å². The summed E-state index contributed by atoms with van der Waals surface area (Å²) < 4.78 is 10.7. The van der Waals surface area contributed by atoms with Crippen LogP contribution in [0.4, 0.5) is 0 Å². The first-order chi connectivity index (χ1) is 13.2. The normalized spacial score (nSPS) is 17.4. The number of methoxy groups -OCH3 is 2. The third kappa shape index (κ3) is 4.63. The number of hydrogen-bond donors (Lipinski definition) is 2. The van der Waals surface area contributed by atoms with E-state index in [9.17, 15) is 14.4 Å². The van der Waals surface area contributed by atoms with Crippen molar-refractivity contribution in [2.75, 3.05) is 14.2 Å². The number of carboxylic acids is 1. The van der Waals surface area contributed by atoms with Gasteiger partial charge in [0.2, 0.25) is 5.91 Å². The van der Waals surface area contributed by atoms with E-state index in [1.165, 1.54) is 33.0 Å². The molecular formula is C18H20N2O6S2. The number of nitrogens with one attached hydrogen (secondary N) is 1. The van der Waals surface area contributed by atoms with Crippen LogP contribution >= 0.6 is 24.0 Å². The van der Waals surface area contributed by atoms with Crippen LogP contribution in [-0.4, -0.2) is 58.4 Å². The fourth-order valence-corrected chi connectivity index (χ4v) is 3.84. The number of ether oxygens (including phenoxy) is 2. The van der Waals surface area contributed by atoms with Gasteiger partial charge in [0.15, 0.2) is 11.5 Å². The van der Waals surface area contributed by atoms with Crippen LogP contribution in [0.3, 0.4) is 0 Å². The van der Waals surface area contributed by atoms with Crippen LogP contribution in [0.15, 0.2) is 23.1 Å². The Morgan fingerprint density at radius 2 is 1.89 bits per heavy atom. The van der Waals surface area contributed by atoms with Gasteiger partial charge < -0.3 is 19.9 Å². The molecule has 1 aliphatic rings. The molecule has 2 unspecified atom stereocenters. The predicted molar refractivity (Wildman–Crippen MR) is 109 cm³/mol. The van der Waals surface area contributed by atoms with Gasteiger partial charge >= 0.3 is 5.97 Å². The lowest BCUT2D eigenvalue weighted by atomic mass is 10.1. The number of thiocarbonyl (C=S) groups is 1. The number of rotatable bonds is 7. The van der Waals surface area contributed by atoms with Crippen molar-refractivity contribution in [3.05, 3.63) is 28.7 Å². The zero-order valence-corrected chi connectivity index (χ0v) is 17.3. The number of hydrogen-bond acceptors (Lipinski definition) is 7. The molecular weight excluding hydrogens is 404 g/mol. The molecule has 10 heteroatoms. The molecule has 0 radical (unpaired) electrons. The Morgan fingerprint density at radius 1 is 1.25 bits per heavy atom. The van der Waals surface area contributed by atoms with Gasteiger partial charge in [0.05, 0.1) is 19.1 Å². The summed E-state index contributed by atoms with van der Waals surface area (Å²) in [5.41, 5.74) is 0.703. The highest BCUT2D eigenvalue weighted by Gasteiger charge is 2.38. The van der Waals surface area contributed by atoms with Crippen LogP contribution < -0.4 is 14.8 Å². The summed E-state index contributed by atoms with van der Waals surface area (Å²) in [4.78, 5) is 37.5. The molecule has 2 atom stereocenters. The first kappa shape index (κ1) is 21.7. The van der Waals surface area contributed by atoms with Crippen LogP contribution in [-0.2, 0) is 14.4 Å². The average Bonchev–Trinajstić information content (AvgIpc) is 2.93. The van der Waals surface area contributed by atoms with Crippen molar-refractivity contribution >= 4 is 52.2 Å². The molecule has 1 aromatic carbocycles. The number of aliphatic carboxylic acids is 1. The Labute approximate surface area is 171 Å². The molecule has 2 N–H and O–H groups in total. The largest absolute Gasteiger partial charge is 0.493 e. The van der Waals surface area contributed by atoms with Crippen molar-refractivity contribution in [3.8, 4) is 11.5 Å². The molecule has 2 rings (SSSR count).